The summed E-state index contributed by atoms with van der Waals surface area (Å²) in [7, 11) is 0. The van der Waals surface area contributed by atoms with Crippen molar-refractivity contribution in [2.75, 3.05) is 6.61 Å². The molecule has 0 amide bonds. The molecule has 1 heterocycles. The van der Waals surface area contributed by atoms with Crippen molar-refractivity contribution >= 4 is 0 Å². The number of rotatable bonds is 3. The topological polar surface area (TPSA) is 29.5 Å². The molecule has 0 aromatic carbocycles. The highest BCUT2D eigenvalue weighted by Crippen LogP contribution is 2.27. The van der Waals surface area contributed by atoms with E-state index >= 15 is 0 Å². The van der Waals surface area contributed by atoms with Crippen LogP contribution in [0.5, 0.6) is 0 Å². The summed E-state index contributed by atoms with van der Waals surface area (Å²) in [5.74, 6) is -0.137. The highest BCUT2D eigenvalue weighted by Gasteiger charge is 2.29. The van der Waals surface area contributed by atoms with Crippen LogP contribution in [0.4, 0.5) is 0 Å². The van der Waals surface area contributed by atoms with E-state index in [1.54, 1.807) is 0 Å². The minimum Gasteiger partial charge on any atom is -0.365 e. The second kappa shape index (κ2) is 4.24. The lowest BCUT2D eigenvalue weighted by molar-refractivity contribution is -0.229. The first-order chi connectivity index (χ1) is 5.62. The Hall–Kier alpha value is -0.0800. The molecule has 0 aromatic heterocycles. The minimum absolute atomic E-state index is 0.652. The van der Waals surface area contributed by atoms with Crippen LogP contribution < -0.4 is 0 Å². The fourth-order valence-corrected chi connectivity index (χ4v) is 1.55. The molecule has 1 atom stereocenters. The molecule has 0 spiro atoms. The molecule has 0 aliphatic carbocycles. The molecule has 1 N–H and O–H groups in total. The van der Waals surface area contributed by atoms with Crippen LogP contribution in [0.3, 0.4) is 0 Å². The van der Waals surface area contributed by atoms with E-state index in [-0.39, 0.29) is 0 Å². The molecule has 1 rings (SSSR count). The molecule has 12 heavy (non-hydrogen) atoms. The molecule has 1 saturated heterocycles. The van der Waals surface area contributed by atoms with Gasteiger partial charge < -0.3 is 9.84 Å². The van der Waals surface area contributed by atoms with Crippen molar-refractivity contribution in [3.8, 4) is 0 Å². The van der Waals surface area contributed by atoms with Crippen LogP contribution in [0.25, 0.3) is 0 Å². The molecule has 72 valence electrons. The van der Waals surface area contributed by atoms with Gasteiger partial charge in [0.1, 0.15) is 0 Å². The van der Waals surface area contributed by atoms with Gasteiger partial charge >= 0.3 is 0 Å². The van der Waals surface area contributed by atoms with Crippen LogP contribution in [-0.4, -0.2) is 17.5 Å². The maximum absolute atomic E-state index is 9.90. The van der Waals surface area contributed by atoms with E-state index in [9.17, 15) is 5.11 Å². The summed E-state index contributed by atoms with van der Waals surface area (Å²) in [6, 6.07) is 0. The fourth-order valence-electron chi connectivity index (χ4n) is 1.55. The molecule has 1 aliphatic rings. The van der Waals surface area contributed by atoms with Crippen molar-refractivity contribution in [2.45, 2.75) is 51.7 Å². The highest BCUT2D eigenvalue weighted by atomic mass is 16.6. The Morgan fingerprint density at radius 1 is 1.42 bits per heavy atom. The Morgan fingerprint density at radius 3 is 2.67 bits per heavy atom. The van der Waals surface area contributed by atoms with Crippen LogP contribution >= 0.6 is 0 Å². The predicted molar refractivity (Wildman–Crippen MR) is 48.8 cm³/mol. The Morgan fingerprint density at radius 2 is 2.17 bits per heavy atom. The Kier molecular flexibility index (Phi) is 3.53. The highest BCUT2D eigenvalue weighted by molar-refractivity contribution is 4.71. The van der Waals surface area contributed by atoms with Crippen molar-refractivity contribution < 1.29 is 9.84 Å². The summed E-state index contributed by atoms with van der Waals surface area (Å²) in [6.07, 6.45) is 4.87. The molecule has 2 nitrogen and oxygen atoms in total. The third-order valence-corrected chi connectivity index (χ3v) is 2.44. The molecular weight excluding hydrogens is 152 g/mol. The first kappa shape index (κ1) is 10.0. The van der Waals surface area contributed by atoms with Crippen LogP contribution in [0, 0.1) is 5.92 Å². The van der Waals surface area contributed by atoms with Gasteiger partial charge in [-0.05, 0) is 25.2 Å². The monoisotopic (exact) mass is 172 g/mol. The third-order valence-electron chi connectivity index (χ3n) is 2.44. The van der Waals surface area contributed by atoms with Crippen LogP contribution in [-0.2, 0) is 4.74 Å². The molecule has 0 bridgehead atoms. The van der Waals surface area contributed by atoms with Crippen LogP contribution in [0.15, 0.2) is 0 Å². The Bertz CT molecular complexity index is 126. The largest absolute Gasteiger partial charge is 0.365 e. The van der Waals surface area contributed by atoms with Crippen molar-refractivity contribution in [1.82, 2.24) is 0 Å². The SMILES string of the molecule is CC(C)CCC1(O)CCCCO1. The van der Waals surface area contributed by atoms with Crippen molar-refractivity contribution in [2.24, 2.45) is 5.92 Å². The average molecular weight is 172 g/mol. The predicted octanol–water partition coefficient (Wildman–Crippen LogP) is 2.31. The number of ether oxygens (including phenoxy) is 1. The van der Waals surface area contributed by atoms with E-state index in [1.165, 1.54) is 0 Å². The first-order valence-corrected chi connectivity index (χ1v) is 4.99. The van der Waals surface area contributed by atoms with E-state index in [0.717, 1.165) is 38.7 Å². The lowest BCUT2D eigenvalue weighted by Gasteiger charge is -2.32. The molecular formula is C10H20O2. The smallest absolute Gasteiger partial charge is 0.165 e. The van der Waals surface area contributed by atoms with E-state index in [4.69, 9.17) is 4.74 Å². The normalized spacial score (nSPS) is 31.0. The molecule has 0 aromatic rings. The van der Waals surface area contributed by atoms with E-state index < -0.39 is 5.79 Å². The summed E-state index contributed by atoms with van der Waals surface area (Å²) >= 11 is 0. The molecule has 1 unspecified atom stereocenters. The van der Waals surface area contributed by atoms with E-state index in [1.807, 2.05) is 0 Å². The number of hydrogen-bond donors (Lipinski definition) is 1. The summed E-state index contributed by atoms with van der Waals surface area (Å²) < 4.78 is 5.37. The van der Waals surface area contributed by atoms with Gasteiger partial charge in [-0.1, -0.05) is 13.8 Å². The molecule has 2 heteroatoms. The summed E-state index contributed by atoms with van der Waals surface area (Å²) in [5, 5.41) is 9.90. The zero-order valence-corrected chi connectivity index (χ0v) is 8.18. The molecule has 1 aliphatic heterocycles. The van der Waals surface area contributed by atoms with E-state index in [2.05, 4.69) is 13.8 Å². The third kappa shape index (κ3) is 3.11. The fraction of sp³-hybridized carbons (Fsp3) is 1.00. The van der Waals surface area contributed by atoms with Gasteiger partial charge in [0.2, 0.25) is 0 Å². The quantitative estimate of drug-likeness (QED) is 0.708. The average Bonchev–Trinajstić information content (AvgIpc) is 2.03. The van der Waals surface area contributed by atoms with Crippen molar-refractivity contribution in [1.29, 1.82) is 0 Å². The standard InChI is InChI=1S/C10H20O2/c1-9(2)5-7-10(11)6-3-4-8-12-10/h9,11H,3-8H2,1-2H3. The second-order valence-corrected chi connectivity index (χ2v) is 4.18. The van der Waals surface area contributed by atoms with Gasteiger partial charge in [0, 0.05) is 12.8 Å². The summed E-state index contributed by atoms with van der Waals surface area (Å²) in [6.45, 7) is 5.08. The Balaban J connectivity index is 2.26. The summed E-state index contributed by atoms with van der Waals surface area (Å²) in [4.78, 5) is 0. The molecule has 1 fully saturated rings. The van der Waals surface area contributed by atoms with Gasteiger partial charge in [0.05, 0.1) is 6.61 Å². The molecule has 0 radical (unpaired) electrons. The van der Waals surface area contributed by atoms with Gasteiger partial charge in [0.25, 0.3) is 0 Å². The lowest BCUT2D eigenvalue weighted by atomic mass is 9.97. The minimum atomic E-state index is -0.789. The number of hydrogen-bond acceptors (Lipinski definition) is 2. The maximum Gasteiger partial charge on any atom is 0.165 e. The van der Waals surface area contributed by atoms with Gasteiger partial charge in [-0.25, -0.2) is 0 Å². The van der Waals surface area contributed by atoms with Crippen LogP contribution in [0.1, 0.15) is 46.0 Å². The Labute approximate surface area is 74.9 Å². The second-order valence-electron chi connectivity index (χ2n) is 4.18. The lowest BCUT2D eigenvalue weighted by Crippen LogP contribution is -2.36. The van der Waals surface area contributed by atoms with Crippen LogP contribution in [0.2, 0.25) is 0 Å². The number of aliphatic hydroxyl groups is 1. The van der Waals surface area contributed by atoms with Gasteiger partial charge in [-0.3, -0.25) is 0 Å². The zero-order valence-electron chi connectivity index (χ0n) is 8.18. The van der Waals surface area contributed by atoms with Gasteiger partial charge in [-0.15, -0.1) is 0 Å². The molecule has 0 saturated carbocycles. The van der Waals surface area contributed by atoms with Crippen molar-refractivity contribution in [3.63, 3.8) is 0 Å². The summed E-state index contributed by atoms with van der Waals surface area (Å²) in [5.41, 5.74) is 0. The zero-order chi connectivity index (χ0) is 9.03. The van der Waals surface area contributed by atoms with Crippen molar-refractivity contribution in [3.05, 3.63) is 0 Å². The first-order valence-electron chi connectivity index (χ1n) is 4.99. The van der Waals surface area contributed by atoms with E-state index in [0.29, 0.717) is 5.92 Å². The maximum atomic E-state index is 9.90. The van der Waals surface area contributed by atoms with Gasteiger partial charge in [-0.2, -0.15) is 0 Å². The van der Waals surface area contributed by atoms with Gasteiger partial charge in [0.15, 0.2) is 5.79 Å².